The maximum absolute atomic E-state index is 14.3. The molecule has 0 amide bonds. The van der Waals surface area contributed by atoms with Crippen molar-refractivity contribution in [3.8, 4) is 11.4 Å². The lowest BCUT2D eigenvalue weighted by molar-refractivity contribution is -0.142. The van der Waals surface area contributed by atoms with E-state index in [4.69, 9.17) is 4.74 Å². The van der Waals surface area contributed by atoms with E-state index in [1.165, 1.54) is 17.8 Å². The molecule has 1 aliphatic rings. The molecule has 1 saturated carbocycles. The zero-order valence-corrected chi connectivity index (χ0v) is 16.2. The maximum atomic E-state index is 14.3. The van der Waals surface area contributed by atoms with Gasteiger partial charge in [0.15, 0.2) is 11.0 Å². The Morgan fingerprint density at radius 3 is 2.57 bits per heavy atom. The van der Waals surface area contributed by atoms with E-state index >= 15 is 0 Å². The van der Waals surface area contributed by atoms with Gasteiger partial charge >= 0.3 is 5.97 Å². The summed E-state index contributed by atoms with van der Waals surface area (Å²) >= 11 is 1.30. The van der Waals surface area contributed by atoms with Gasteiger partial charge in [0.25, 0.3) is 0 Å². The molecule has 0 unspecified atom stereocenters. The molecule has 0 bridgehead atoms. The van der Waals surface area contributed by atoms with E-state index in [1.807, 2.05) is 34.9 Å². The Bertz CT molecular complexity index is 973. The monoisotopic (exact) mass is 397 g/mol. The molecule has 1 atom stereocenters. The highest BCUT2D eigenvalue weighted by Gasteiger charge is 2.33. The molecule has 0 aliphatic heterocycles. The van der Waals surface area contributed by atoms with E-state index in [-0.39, 0.29) is 17.8 Å². The quantitative estimate of drug-likeness (QED) is 0.423. The number of hydrogen-bond acceptors (Lipinski definition) is 5. The number of aromatic nitrogens is 3. The number of benzene rings is 2. The first-order valence-corrected chi connectivity index (χ1v) is 10.1. The third-order valence-electron chi connectivity index (χ3n) is 4.52. The second kappa shape index (κ2) is 8.14. The highest BCUT2D eigenvalue weighted by atomic mass is 32.2. The van der Waals surface area contributed by atoms with Crippen LogP contribution < -0.4 is 0 Å². The number of esters is 1. The number of thioether (sulfide) groups is 1. The topological polar surface area (TPSA) is 57.0 Å². The van der Waals surface area contributed by atoms with Crippen LogP contribution in [0, 0.1) is 5.82 Å². The van der Waals surface area contributed by atoms with Crippen molar-refractivity contribution in [2.75, 3.05) is 6.61 Å². The van der Waals surface area contributed by atoms with Crippen molar-refractivity contribution >= 4 is 17.7 Å². The average Bonchev–Trinajstić information content (AvgIpc) is 3.47. The predicted octanol–water partition coefficient (Wildman–Crippen LogP) is 4.82. The summed E-state index contributed by atoms with van der Waals surface area (Å²) in [6, 6.07) is 16.2. The van der Waals surface area contributed by atoms with Gasteiger partial charge in [-0.05, 0) is 37.5 Å². The number of rotatable bonds is 7. The van der Waals surface area contributed by atoms with Crippen LogP contribution in [0.2, 0.25) is 0 Å². The summed E-state index contributed by atoms with van der Waals surface area (Å²) in [7, 11) is 0. The zero-order chi connectivity index (χ0) is 19.5. The van der Waals surface area contributed by atoms with E-state index in [9.17, 15) is 9.18 Å². The molecule has 144 valence electrons. The maximum Gasteiger partial charge on any atom is 0.324 e. The van der Waals surface area contributed by atoms with Crippen molar-refractivity contribution in [3.05, 3.63) is 66.0 Å². The Hall–Kier alpha value is -2.67. The van der Waals surface area contributed by atoms with Crippen molar-refractivity contribution in [1.82, 2.24) is 14.8 Å². The molecule has 28 heavy (non-hydrogen) atoms. The van der Waals surface area contributed by atoms with Gasteiger partial charge in [-0.2, -0.15) is 0 Å². The van der Waals surface area contributed by atoms with Crippen LogP contribution in [0.1, 0.15) is 36.6 Å². The van der Waals surface area contributed by atoms with Crippen LogP contribution in [-0.2, 0) is 9.53 Å². The summed E-state index contributed by atoms with van der Waals surface area (Å²) in [6.45, 7) is 2.09. The molecule has 0 saturated heterocycles. The van der Waals surface area contributed by atoms with Gasteiger partial charge in [-0.25, -0.2) is 4.39 Å². The minimum Gasteiger partial charge on any atom is -0.465 e. The number of carbonyl (C=O) groups is 1. The summed E-state index contributed by atoms with van der Waals surface area (Å²) < 4.78 is 21.6. The molecule has 3 aromatic rings. The molecule has 1 heterocycles. The second-order valence-electron chi connectivity index (χ2n) is 6.55. The smallest absolute Gasteiger partial charge is 0.324 e. The van der Waals surface area contributed by atoms with Crippen LogP contribution in [-0.4, -0.2) is 27.3 Å². The first-order valence-electron chi connectivity index (χ1n) is 9.27. The number of nitrogens with zero attached hydrogens (tertiary/aromatic N) is 3. The Kier molecular flexibility index (Phi) is 5.43. The molecule has 5 nitrogen and oxygen atoms in total. The van der Waals surface area contributed by atoms with E-state index < -0.39 is 5.25 Å². The lowest BCUT2D eigenvalue weighted by Crippen LogP contribution is -2.14. The molecule has 4 rings (SSSR count). The summed E-state index contributed by atoms with van der Waals surface area (Å²) in [6.07, 6.45) is 1.98. The van der Waals surface area contributed by atoms with Gasteiger partial charge in [0.05, 0.1) is 12.2 Å². The number of halogens is 1. The predicted molar refractivity (Wildman–Crippen MR) is 105 cm³/mol. The molecule has 1 aromatic heterocycles. The third-order valence-corrected chi connectivity index (χ3v) is 5.71. The molecular weight excluding hydrogens is 377 g/mol. The second-order valence-corrected chi connectivity index (χ2v) is 7.62. The summed E-state index contributed by atoms with van der Waals surface area (Å²) in [5, 5.41) is 8.61. The van der Waals surface area contributed by atoms with Crippen LogP contribution in [0.15, 0.2) is 59.8 Å². The number of ether oxygens (including phenoxy) is 1. The number of hydrogen-bond donors (Lipinski definition) is 0. The normalized spacial score (nSPS) is 14.6. The Labute approximate surface area is 166 Å². The van der Waals surface area contributed by atoms with Crippen molar-refractivity contribution in [2.45, 2.75) is 36.2 Å². The largest absolute Gasteiger partial charge is 0.465 e. The van der Waals surface area contributed by atoms with Crippen LogP contribution in [0.3, 0.4) is 0 Å². The van der Waals surface area contributed by atoms with Gasteiger partial charge in [0.2, 0.25) is 0 Å². The molecule has 0 N–H and O–H groups in total. The van der Waals surface area contributed by atoms with Gasteiger partial charge in [-0.3, -0.25) is 9.36 Å². The average molecular weight is 397 g/mol. The Morgan fingerprint density at radius 1 is 1.18 bits per heavy atom. The molecular formula is C21H20FN3O2S. The van der Waals surface area contributed by atoms with Crippen molar-refractivity contribution in [2.24, 2.45) is 0 Å². The molecule has 1 aliphatic carbocycles. The highest BCUT2D eigenvalue weighted by Crippen LogP contribution is 2.44. The molecule has 0 radical (unpaired) electrons. The summed E-state index contributed by atoms with van der Waals surface area (Å²) in [4.78, 5) is 12.6. The lowest BCUT2D eigenvalue weighted by atomic mass is 10.1. The van der Waals surface area contributed by atoms with Gasteiger partial charge in [0.1, 0.15) is 11.1 Å². The van der Waals surface area contributed by atoms with E-state index in [0.717, 1.165) is 18.4 Å². The Morgan fingerprint density at radius 2 is 1.89 bits per heavy atom. The molecule has 0 spiro atoms. The van der Waals surface area contributed by atoms with E-state index in [1.54, 1.807) is 25.1 Å². The van der Waals surface area contributed by atoms with Crippen LogP contribution in [0.25, 0.3) is 11.4 Å². The molecule has 1 fully saturated rings. The SMILES string of the molecule is CCOC(=O)[C@@H](Sc1nnc(-c2ccccc2F)n1C1CC1)c1ccccc1. The van der Waals surface area contributed by atoms with Crippen molar-refractivity contribution in [3.63, 3.8) is 0 Å². The van der Waals surface area contributed by atoms with E-state index in [0.29, 0.717) is 23.2 Å². The molecule has 2 aromatic carbocycles. The van der Waals surface area contributed by atoms with Crippen molar-refractivity contribution in [1.29, 1.82) is 0 Å². The fourth-order valence-corrected chi connectivity index (χ4v) is 4.15. The van der Waals surface area contributed by atoms with Gasteiger partial charge in [0, 0.05) is 6.04 Å². The van der Waals surface area contributed by atoms with Crippen LogP contribution in [0.5, 0.6) is 0 Å². The first-order chi connectivity index (χ1) is 13.7. The third kappa shape index (κ3) is 3.80. The van der Waals surface area contributed by atoms with Gasteiger partial charge in [-0.1, -0.05) is 54.2 Å². The number of carbonyl (C=O) groups excluding carboxylic acids is 1. The minimum atomic E-state index is -0.559. The van der Waals surface area contributed by atoms with Gasteiger partial charge < -0.3 is 4.74 Å². The summed E-state index contributed by atoms with van der Waals surface area (Å²) in [5.41, 5.74) is 1.25. The minimum absolute atomic E-state index is 0.228. The standard InChI is InChI=1S/C21H20FN3O2S/c1-2-27-20(26)18(14-8-4-3-5-9-14)28-21-24-23-19(25(21)15-12-13-15)16-10-6-7-11-17(16)22/h3-11,15,18H,2,12-13H2,1H3/t18-/m0/s1. The van der Waals surface area contributed by atoms with Crippen LogP contribution >= 0.6 is 11.8 Å². The zero-order valence-electron chi connectivity index (χ0n) is 15.4. The summed E-state index contributed by atoms with van der Waals surface area (Å²) in [5.74, 6) is -0.159. The fraction of sp³-hybridized carbons (Fsp3) is 0.286. The lowest BCUT2D eigenvalue weighted by Gasteiger charge is -2.16. The van der Waals surface area contributed by atoms with Crippen molar-refractivity contribution < 1.29 is 13.9 Å². The Balaban J connectivity index is 1.72. The van der Waals surface area contributed by atoms with Crippen LogP contribution in [0.4, 0.5) is 4.39 Å². The van der Waals surface area contributed by atoms with E-state index in [2.05, 4.69) is 10.2 Å². The van der Waals surface area contributed by atoms with Gasteiger partial charge in [-0.15, -0.1) is 10.2 Å². The first kappa shape index (κ1) is 18.7. The fourth-order valence-electron chi connectivity index (χ4n) is 3.05. The molecule has 7 heteroatoms. The highest BCUT2D eigenvalue weighted by molar-refractivity contribution is 8.00.